The lowest BCUT2D eigenvalue weighted by atomic mass is 9.89. The van der Waals surface area contributed by atoms with Crippen molar-refractivity contribution in [2.24, 2.45) is 0 Å². The van der Waals surface area contributed by atoms with Crippen molar-refractivity contribution in [3.63, 3.8) is 0 Å². The van der Waals surface area contributed by atoms with Gasteiger partial charge in [0.25, 0.3) is 0 Å². The quantitative estimate of drug-likeness (QED) is 0.797. The number of carbonyl (C=O) groups excluding carboxylic acids is 2. The molecule has 6 heteroatoms. The smallest absolute Gasteiger partial charge is 0.329 e. The highest BCUT2D eigenvalue weighted by Gasteiger charge is 2.41. The van der Waals surface area contributed by atoms with Crippen LogP contribution in [0.2, 0.25) is 0 Å². The van der Waals surface area contributed by atoms with Crippen LogP contribution in [-0.4, -0.2) is 33.3 Å². The Bertz CT molecular complexity index is 763. The molecule has 0 radical (unpaired) electrons. The molecular formula is C21H26N2O4. The number of carboxylic acids is 1. The molecule has 2 amide bonds. The third kappa shape index (κ3) is 4.04. The molecule has 1 aliphatic carbocycles. The molecule has 0 saturated heterocycles. The molecule has 1 saturated carbocycles. The Morgan fingerprint density at radius 3 is 2.44 bits per heavy atom. The fourth-order valence-corrected chi connectivity index (χ4v) is 4.13. The molecule has 3 rings (SSSR count). The molecule has 1 fully saturated rings. The van der Waals surface area contributed by atoms with Gasteiger partial charge in [0.15, 0.2) is 0 Å². The molecule has 1 atom stereocenters. The second-order valence-corrected chi connectivity index (χ2v) is 7.44. The van der Waals surface area contributed by atoms with E-state index in [0.717, 1.165) is 36.8 Å². The Labute approximate surface area is 159 Å². The summed E-state index contributed by atoms with van der Waals surface area (Å²) < 4.78 is 0. The van der Waals surface area contributed by atoms with E-state index in [9.17, 15) is 19.5 Å². The van der Waals surface area contributed by atoms with E-state index in [0.29, 0.717) is 12.8 Å². The zero-order chi connectivity index (χ0) is 19.4. The number of benzene rings is 1. The van der Waals surface area contributed by atoms with Gasteiger partial charge in [-0.15, -0.1) is 0 Å². The SMILES string of the molecule is CC(=O)N1C=Cc2ccccc2C1CC(=O)NC1(C(=O)O)CCCCCC1. The molecule has 1 aromatic carbocycles. The van der Waals surface area contributed by atoms with Gasteiger partial charge in [0.2, 0.25) is 11.8 Å². The third-order valence-electron chi connectivity index (χ3n) is 5.59. The Morgan fingerprint density at radius 2 is 1.81 bits per heavy atom. The van der Waals surface area contributed by atoms with Crippen LogP contribution >= 0.6 is 0 Å². The van der Waals surface area contributed by atoms with E-state index in [1.807, 2.05) is 30.3 Å². The van der Waals surface area contributed by atoms with Crippen molar-refractivity contribution in [2.75, 3.05) is 0 Å². The summed E-state index contributed by atoms with van der Waals surface area (Å²) in [6.07, 6.45) is 8.06. The maximum atomic E-state index is 12.8. The number of fused-ring (bicyclic) bond motifs is 1. The first-order valence-electron chi connectivity index (χ1n) is 9.53. The van der Waals surface area contributed by atoms with Crippen molar-refractivity contribution in [1.82, 2.24) is 10.2 Å². The highest BCUT2D eigenvalue weighted by molar-refractivity contribution is 5.88. The molecule has 2 aliphatic rings. The van der Waals surface area contributed by atoms with Crippen LogP contribution in [0.1, 0.15) is 69.0 Å². The van der Waals surface area contributed by atoms with Crippen LogP contribution in [0.5, 0.6) is 0 Å². The Hall–Kier alpha value is -2.63. The van der Waals surface area contributed by atoms with Crippen LogP contribution in [0, 0.1) is 0 Å². The van der Waals surface area contributed by atoms with Gasteiger partial charge in [-0.1, -0.05) is 49.9 Å². The van der Waals surface area contributed by atoms with E-state index in [1.165, 1.54) is 6.92 Å². The van der Waals surface area contributed by atoms with Crippen molar-refractivity contribution in [1.29, 1.82) is 0 Å². The van der Waals surface area contributed by atoms with Crippen LogP contribution in [0.25, 0.3) is 6.08 Å². The number of nitrogens with zero attached hydrogens (tertiary/aromatic N) is 1. The van der Waals surface area contributed by atoms with Crippen molar-refractivity contribution >= 4 is 23.9 Å². The van der Waals surface area contributed by atoms with E-state index in [4.69, 9.17) is 0 Å². The highest BCUT2D eigenvalue weighted by Crippen LogP contribution is 2.34. The van der Waals surface area contributed by atoms with E-state index in [2.05, 4.69) is 5.32 Å². The van der Waals surface area contributed by atoms with E-state index < -0.39 is 17.6 Å². The van der Waals surface area contributed by atoms with Crippen molar-refractivity contribution in [2.45, 2.75) is 63.5 Å². The summed E-state index contributed by atoms with van der Waals surface area (Å²) in [5, 5.41) is 12.6. The minimum absolute atomic E-state index is 0.0377. The van der Waals surface area contributed by atoms with Crippen molar-refractivity contribution in [3.8, 4) is 0 Å². The number of nitrogens with one attached hydrogen (secondary N) is 1. The Morgan fingerprint density at radius 1 is 1.15 bits per heavy atom. The zero-order valence-electron chi connectivity index (χ0n) is 15.6. The van der Waals surface area contributed by atoms with Crippen LogP contribution < -0.4 is 5.32 Å². The van der Waals surface area contributed by atoms with Gasteiger partial charge in [-0.05, 0) is 30.0 Å². The summed E-state index contributed by atoms with van der Waals surface area (Å²) in [5.74, 6) is -1.45. The molecule has 0 bridgehead atoms. The zero-order valence-corrected chi connectivity index (χ0v) is 15.6. The largest absolute Gasteiger partial charge is 0.480 e. The summed E-state index contributed by atoms with van der Waals surface area (Å²) in [4.78, 5) is 38.4. The average molecular weight is 370 g/mol. The number of rotatable bonds is 4. The van der Waals surface area contributed by atoms with Gasteiger partial charge in [0, 0.05) is 13.1 Å². The molecule has 144 valence electrons. The fourth-order valence-electron chi connectivity index (χ4n) is 4.13. The minimum atomic E-state index is -1.20. The Kier molecular flexibility index (Phi) is 5.63. The normalized spacial score (nSPS) is 21.1. The predicted octanol–water partition coefficient (Wildman–Crippen LogP) is 3.24. The van der Waals surface area contributed by atoms with Gasteiger partial charge < -0.3 is 15.3 Å². The first-order valence-corrected chi connectivity index (χ1v) is 9.53. The Balaban J connectivity index is 1.81. The molecule has 1 heterocycles. The maximum absolute atomic E-state index is 12.8. The van der Waals surface area contributed by atoms with E-state index in [1.54, 1.807) is 11.1 Å². The topological polar surface area (TPSA) is 86.7 Å². The number of hydrogen-bond donors (Lipinski definition) is 2. The van der Waals surface area contributed by atoms with Crippen LogP contribution in [-0.2, 0) is 14.4 Å². The molecule has 1 aromatic rings. The molecule has 1 unspecified atom stereocenters. The summed E-state index contributed by atoms with van der Waals surface area (Å²) in [7, 11) is 0. The summed E-state index contributed by atoms with van der Waals surface area (Å²) in [5.41, 5.74) is 0.671. The van der Waals surface area contributed by atoms with Gasteiger partial charge in [-0.3, -0.25) is 9.59 Å². The van der Waals surface area contributed by atoms with Gasteiger partial charge in [-0.2, -0.15) is 0 Å². The molecule has 6 nitrogen and oxygen atoms in total. The summed E-state index contributed by atoms with van der Waals surface area (Å²) in [6.45, 7) is 1.47. The molecule has 27 heavy (non-hydrogen) atoms. The highest BCUT2D eigenvalue weighted by atomic mass is 16.4. The molecule has 0 aromatic heterocycles. The third-order valence-corrected chi connectivity index (χ3v) is 5.59. The van der Waals surface area contributed by atoms with Crippen LogP contribution in [0.15, 0.2) is 30.5 Å². The lowest BCUT2D eigenvalue weighted by Crippen LogP contribution is -2.54. The standard InChI is InChI=1S/C21H26N2O4/c1-15(24)23-13-10-16-8-4-5-9-17(16)18(23)14-19(25)22-21(20(26)27)11-6-2-3-7-12-21/h4-5,8-10,13,18H,2-3,6-7,11-12,14H2,1H3,(H,22,25)(H,26,27). The van der Waals surface area contributed by atoms with Gasteiger partial charge in [0.05, 0.1) is 12.5 Å². The predicted molar refractivity (Wildman–Crippen MR) is 102 cm³/mol. The maximum Gasteiger partial charge on any atom is 0.329 e. The van der Waals surface area contributed by atoms with Crippen molar-refractivity contribution < 1.29 is 19.5 Å². The molecular weight excluding hydrogens is 344 g/mol. The first kappa shape index (κ1) is 19.1. The number of carbonyl (C=O) groups is 3. The van der Waals surface area contributed by atoms with E-state index >= 15 is 0 Å². The van der Waals surface area contributed by atoms with E-state index in [-0.39, 0.29) is 18.2 Å². The fraction of sp³-hybridized carbons (Fsp3) is 0.476. The molecule has 0 spiro atoms. The minimum Gasteiger partial charge on any atom is -0.480 e. The van der Waals surface area contributed by atoms with Crippen molar-refractivity contribution in [3.05, 3.63) is 41.6 Å². The monoisotopic (exact) mass is 370 g/mol. The second-order valence-electron chi connectivity index (χ2n) is 7.44. The summed E-state index contributed by atoms with van der Waals surface area (Å²) >= 11 is 0. The van der Waals surface area contributed by atoms with Crippen LogP contribution in [0.4, 0.5) is 0 Å². The molecule has 1 aliphatic heterocycles. The second kappa shape index (κ2) is 7.94. The average Bonchev–Trinajstić information content (AvgIpc) is 2.88. The number of aliphatic carboxylic acids is 1. The van der Waals surface area contributed by atoms with Gasteiger partial charge in [0.1, 0.15) is 5.54 Å². The first-order chi connectivity index (χ1) is 12.9. The lowest BCUT2D eigenvalue weighted by Gasteiger charge is -2.34. The number of amides is 2. The van der Waals surface area contributed by atoms with Gasteiger partial charge in [-0.25, -0.2) is 4.79 Å². The van der Waals surface area contributed by atoms with Crippen LogP contribution in [0.3, 0.4) is 0 Å². The number of hydrogen-bond acceptors (Lipinski definition) is 3. The summed E-state index contributed by atoms with van der Waals surface area (Å²) in [6, 6.07) is 7.21. The van der Waals surface area contributed by atoms with Gasteiger partial charge >= 0.3 is 5.97 Å². The molecule has 2 N–H and O–H groups in total. The number of carboxylic acid groups (broad SMARTS) is 1. The lowest BCUT2D eigenvalue weighted by molar-refractivity contribution is -0.148.